The minimum atomic E-state index is -1.78. The van der Waals surface area contributed by atoms with E-state index in [0.29, 0.717) is 5.75 Å². The van der Waals surface area contributed by atoms with E-state index in [1.165, 1.54) is 0 Å². The minimum Gasteiger partial charge on any atom is -0.595 e. The van der Waals surface area contributed by atoms with Crippen molar-refractivity contribution in [2.45, 2.75) is 34.6 Å². The molecule has 0 N–H and O–H groups in total. The first kappa shape index (κ1) is 14.2. The molecule has 0 amide bonds. The van der Waals surface area contributed by atoms with Crippen molar-refractivity contribution in [3.05, 3.63) is 30.3 Å². The molecule has 1 aromatic rings. The Morgan fingerprint density at radius 2 is 1.71 bits per heavy atom. The number of para-hydroxylation sites is 1. The molecule has 0 saturated heterocycles. The van der Waals surface area contributed by atoms with Gasteiger partial charge < -0.3 is 4.89 Å². The van der Waals surface area contributed by atoms with Gasteiger partial charge in [-0.3, -0.25) is 4.52 Å². The van der Waals surface area contributed by atoms with Gasteiger partial charge in [-0.1, -0.05) is 52.8 Å². The Balaban J connectivity index is 3.02. The van der Waals surface area contributed by atoms with Crippen LogP contribution in [-0.4, -0.2) is 5.29 Å². The van der Waals surface area contributed by atoms with E-state index in [1.807, 2.05) is 30.3 Å². The summed E-state index contributed by atoms with van der Waals surface area (Å²) in [6.45, 7) is 10.3. The van der Waals surface area contributed by atoms with E-state index in [1.54, 1.807) is 0 Å². The van der Waals surface area contributed by atoms with Gasteiger partial charge in [-0.05, 0) is 12.1 Å². The zero-order chi connectivity index (χ0) is 13.1. The fraction of sp³-hybridized carbons (Fsp3) is 0.500. The van der Waals surface area contributed by atoms with E-state index in [-0.39, 0.29) is 11.3 Å². The van der Waals surface area contributed by atoms with Crippen LogP contribution in [0.4, 0.5) is 0 Å². The van der Waals surface area contributed by atoms with Crippen molar-refractivity contribution in [2.24, 2.45) is 11.3 Å². The summed E-state index contributed by atoms with van der Waals surface area (Å²) in [6.07, 6.45) is 0. The fourth-order valence-corrected chi connectivity index (χ4v) is 3.36. The van der Waals surface area contributed by atoms with Gasteiger partial charge in [-0.25, -0.2) is 0 Å². The topological polar surface area (TPSA) is 32.3 Å². The largest absolute Gasteiger partial charge is 0.595 e. The summed E-state index contributed by atoms with van der Waals surface area (Å²) in [6, 6.07) is 9.33. The lowest BCUT2D eigenvalue weighted by Gasteiger charge is -2.22. The highest BCUT2D eigenvalue weighted by Crippen LogP contribution is 2.33. The van der Waals surface area contributed by atoms with Crippen molar-refractivity contribution in [1.82, 2.24) is 0 Å². The van der Waals surface area contributed by atoms with Gasteiger partial charge >= 0.3 is 0 Å². The molecular weight excluding hydrogens is 231 g/mol. The molecule has 0 aliphatic rings. The minimum absolute atomic E-state index is 0.101. The fourth-order valence-electron chi connectivity index (χ4n) is 1.98. The lowest BCUT2D eigenvalue weighted by molar-refractivity contribution is -0.166. The number of hydrogen-bond donors (Lipinski definition) is 0. The number of rotatable bonds is 3. The van der Waals surface area contributed by atoms with E-state index in [2.05, 4.69) is 34.6 Å². The second kappa shape index (κ2) is 5.66. The maximum absolute atomic E-state index is 12.3. The van der Waals surface area contributed by atoms with E-state index >= 15 is 0 Å². The highest BCUT2D eigenvalue weighted by Gasteiger charge is 2.30. The average Bonchev–Trinajstić information content (AvgIpc) is 2.15. The molecular formula is C14H21O2P. The van der Waals surface area contributed by atoms with Crippen LogP contribution >= 0.6 is 8.00 Å². The highest BCUT2D eigenvalue weighted by molar-refractivity contribution is 7.47. The van der Waals surface area contributed by atoms with Gasteiger partial charge in [-0.15, -0.1) is 0 Å². The molecule has 0 aliphatic heterocycles. The van der Waals surface area contributed by atoms with Crippen molar-refractivity contribution >= 4 is 13.3 Å². The third-order valence-electron chi connectivity index (χ3n) is 2.44. The van der Waals surface area contributed by atoms with Crippen LogP contribution in [0.25, 0.3) is 0 Å². The van der Waals surface area contributed by atoms with Crippen molar-refractivity contribution in [3.63, 3.8) is 0 Å². The SMILES string of the molecule is CC(C)/C(=[P+](/[O-])Oc1ccccc1)C(C)(C)C. The summed E-state index contributed by atoms with van der Waals surface area (Å²) in [5.74, 6) is 0.915. The average molecular weight is 252 g/mol. The quantitative estimate of drug-likeness (QED) is 0.770. The molecule has 2 nitrogen and oxygen atoms in total. The lowest BCUT2D eigenvalue weighted by Crippen LogP contribution is -2.27. The molecule has 17 heavy (non-hydrogen) atoms. The van der Waals surface area contributed by atoms with Crippen LogP contribution in [0.2, 0.25) is 0 Å². The van der Waals surface area contributed by atoms with E-state index in [9.17, 15) is 4.89 Å². The summed E-state index contributed by atoms with van der Waals surface area (Å²) in [7, 11) is -1.78. The zero-order valence-electron chi connectivity index (χ0n) is 11.2. The molecule has 94 valence electrons. The second-order valence-electron chi connectivity index (χ2n) is 5.45. The van der Waals surface area contributed by atoms with Gasteiger partial charge in [0.25, 0.3) is 8.00 Å². The van der Waals surface area contributed by atoms with Crippen molar-refractivity contribution in [3.8, 4) is 5.75 Å². The summed E-state index contributed by atoms with van der Waals surface area (Å²) in [4.78, 5) is 12.3. The van der Waals surface area contributed by atoms with Gasteiger partial charge in [-0.2, -0.15) is 0 Å². The summed E-state index contributed by atoms with van der Waals surface area (Å²) in [5, 5.41) is 0.969. The predicted molar refractivity (Wildman–Crippen MR) is 73.3 cm³/mol. The number of hydrogen-bond acceptors (Lipinski definition) is 2. The van der Waals surface area contributed by atoms with Crippen molar-refractivity contribution < 1.29 is 9.42 Å². The normalized spacial score (nSPS) is 13.6. The van der Waals surface area contributed by atoms with Gasteiger partial charge in [0.05, 0.1) is 0 Å². The van der Waals surface area contributed by atoms with Gasteiger partial charge in [0, 0.05) is 11.3 Å². The smallest absolute Gasteiger partial charge is 0.276 e. The van der Waals surface area contributed by atoms with Crippen LogP contribution in [0, 0.1) is 11.3 Å². The first-order valence-electron chi connectivity index (χ1n) is 5.90. The van der Waals surface area contributed by atoms with Crippen LogP contribution in [0.5, 0.6) is 5.75 Å². The van der Waals surface area contributed by atoms with E-state index < -0.39 is 8.00 Å². The zero-order valence-corrected chi connectivity index (χ0v) is 12.1. The molecule has 0 spiro atoms. The Morgan fingerprint density at radius 3 is 2.12 bits per heavy atom. The van der Waals surface area contributed by atoms with Gasteiger partial charge in [0.15, 0.2) is 5.75 Å². The molecule has 1 unspecified atom stereocenters. The van der Waals surface area contributed by atoms with Crippen LogP contribution in [0.1, 0.15) is 34.6 Å². The third-order valence-corrected chi connectivity index (χ3v) is 4.40. The Hall–Kier alpha value is -0.850. The Morgan fingerprint density at radius 1 is 1.18 bits per heavy atom. The molecule has 0 aromatic heterocycles. The molecule has 0 bridgehead atoms. The highest BCUT2D eigenvalue weighted by atomic mass is 31.1. The maximum atomic E-state index is 12.3. The molecule has 1 aromatic carbocycles. The molecule has 1 atom stereocenters. The third kappa shape index (κ3) is 4.14. The second-order valence-corrected chi connectivity index (χ2v) is 6.63. The molecule has 0 aliphatic carbocycles. The first-order valence-corrected chi connectivity index (χ1v) is 7.07. The Labute approximate surface area is 105 Å². The van der Waals surface area contributed by atoms with Crippen molar-refractivity contribution in [2.75, 3.05) is 0 Å². The molecule has 3 heteroatoms. The predicted octanol–water partition coefficient (Wildman–Crippen LogP) is 3.61. The standard InChI is InChI=1S/C14H21O2P/c1-11(2)13(14(3,4)5)17(15)16-12-9-7-6-8-10-12/h6-11H,1-5H3. The summed E-state index contributed by atoms with van der Waals surface area (Å²) < 4.78 is 5.54. The summed E-state index contributed by atoms with van der Waals surface area (Å²) >= 11 is 0. The molecule has 0 radical (unpaired) electrons. The van der Waals surface area contributed by atoms with Crippen LogP contribution < -0.4 is 9.42 Å². The maximum Gasteiger partial charge on any atom is 0.276 e. The summed E-state index contributed by atoms with van der Waals surface area (Å²) in [5.41, 5.74) is -0.101. The van der Waals surface area contributed by atoms with Crippen LogP contribution in [0.15, 0.2) is 30.3 Å². The Bertz CT molecular complexity index is 388. The van der Waals surface area contributed by atoms with Crippen molar-refractivity contribution in [1.29, 1.82) is 0 Å². The molecule has 0 fully saturated rings. The molecule has 0 heterocycles. The molecule has 0 saturated carbocycles. The van der Waals surface area contributed by atoms with E-state index in [4.69, 9.17) is 4.52 Å². The number of benzene rings is 1. The molecule has 1 rings (SSSR count). The van der Waals surface area contributed by atoms with Gasteiger partial charge in [0.2, 0.25) is 0 Å². The van der Waals surface area contributed by atoms with Crippen LogP contribution in [-0.2, 0) is 0 Å². The van der Waals surface area contributed by atoms with Crippen LogP contribution in [0.3, 0.4) is 0 Å². The Kier molecular flexibility index (Phi) is 4.73. The van der Waals surface area contributed by atoms with Gasteiger partial charge in [0.1, 0.15) is 5.29 Å². The monoisotopic (exact) mass is 252 g/mol. The van der Waals surface area contributed by atoms with E-state index in [0.717, 1.165) is 5.29 Å². The lowest BCUT2D eigenvalue weighted by atomic mass is 9.86. The first-order chi connectivity index (χ1) is 7.82.